The molecule has 0 saturated carbocycles. The van der Waals surface area contributed by atoms with Gasteiger partial charge in [-0.3, -0.25) is 0 Å². The third-order valence-electron chi connectivity index (χ3n) is 6.59. The zero-order valence-electron chi connectivity index (χ0n) is 22.5. The number of nitrogens with zero attached hydrogens (tertiary/aromatic N) is 1. The van der Waals surface area contributed by atoms with Crippen LogP contribution in [0.2, 0.25) is 0 Å². The Labute approximate surface area is 235 Å². The van der Waals surface area contributed by atoms with Crippen molar-refractivity contribution in [1.82, 2.24) is 0 Å². The molecule has 4 heteroatoms. The molecule has 0 bridgehead atoms. The minimum absolute atomic E-state index is 0.468. The Kier molecular flexibility index (Phi) is 8.38. The summed E-state index contributed by atoms with van der Waals surface area (Å²) in [5, 5.41) is 0. The van der Waals surface area contributed by atoms with Gasteiger partial charge in [0, 0.05) is 29.6 Å². The van der Waals surface area contributed by atoms with E-state index < -0.39 is 5.97 Å². The Hall–Kier alpha value is -5.09. The van der Waals surface area contributed by atoms with E-state index in [1.54, 1.807) is 12.1 Å². The molecule has 5 aromatic carbocycles. The van der Waals surface area contributed by atoms with Crippen LogP contribution in [0.1, 0.15) is 11.1 Å². The van der Waals surface area contributed by atoms with Crippen LogP contribution in [-0.4, -0.2) is 12.6 Å². The number of carbonyl (C=O) groups is 1. The molecule has 0 spiro atoms. The van der Waals surface area contributed by atoms with E-state index in [0.29, 0.717) is 12.4 Å². The average molecular weight is 526 g/mol. The van der Waals surface area contributed by atoms with Crippen LogP contribution in [0.4, 0.5) is 17.1 Å². The molecule has 0 N–H and O–H groups in total. The number of esters is 1. The van der Waals surface area contributed by atoms with Crippen LogP contribution >= 0.6 is 0 Å². The molecule has 0 aromatic heterocycles. The van der Waals surface area contributed by atoms with Gasteiger partial charge in [-0.2, -0.15) is 0 Å². The molecule has 0 radical (unpaired) electrons. The molecular formula is C36H31NO3. The van der Waals surface area contributed by atoms with Crippen molar-refractivity contribution in [3.05, 3.63) is 151 Å². The van der Waals surface area contributed by atoms with Crippen molar-refractivity contribution in [2.75, 3.05) is 11.5 Å². The minimum Gasteiger partial charge on any atom is -0.493 e. The van der Waals surface area contributed by atoms with Crippen LogP contribution in [0.25, 0.3) is 11.1 Å². The highest BCUT2D eigenvalue weighted by Crippen LogP contribution is 2.36. The fourth-order valence-corrected chi connectivity index (χ4v) is 4.43. The van der Waals surface area contributed by atoms with Crippen molar-refractivity contribution in [2.45, 2.75) is 13.3 Å². The normalized spacial score (nSPS) is 10.5. The molecule has 5 rings (SSSR count). The van der Waals surface area contributed by atoms with Crippen LogP contribution < -0.4 is 14.4 Å². The van der Waals surface area contributed by atoms with Crippen molar-refractivity contribution in [3.63, 3.8) is 0 Å². The molecule has 0 heterocycles. The summed E-state index contributed by atoms with van der Waals surface area (Å²) in [5.74, 6) is 0.838. The minimum atomic E-state index is -0.468. The van der Waals surface area contributed by atoms with Crippen LogP contribution in [0, 0.1) is 6.92 Å². The van der Waals surface area contributed by atoms with E-state index in [0.717, 1.165) is 40.9 Å². The molecule has 0 aliphatic carbocycles. The second-order valence-corrected chi connectivity index (χ2v) is 9.45. The molecule has 198 valence electrons. The molecular weight excluding hydrogens is 494 g/mol. The second-order valence-electron chi connectivity index (χ2n) is 9.45. The summed E-state index contributed by atoms with van der Waals surface area (Å²) in [5.41, 5.74) is 7.96. The smallest absolute Gasteiger partial charge is 0.335 e. The maximum atomic E-state index is 11.3. The maximum absolute atomic E-state index is 11.3. The van der Waals surface area contributed by atoms with Crippen LogP contribution in [0.5, 0.6) is 11.5 Å². The predicted octanol–water partition coefficient (Wildman–Crippen LogP) is 8.84. The topological polar surface area (TPSA) is 38.8 Å². The van der Waals surface area contributed by atoms with E-state index in [9.17, 15) is 4.79 Å². The Morgan fingerprint density at radius 1 is 0.675 bits per heavy atom. The number of anilines is 3. The first kappa shape index (κ1) is 26.5. The molecule has 4 nitrogen and oxygen atoms in total. The maximum Gasteiger partial charge on any atom is 0.335 e. The molecule has 0 aliphatic heterocycles. The number of hydrogen-bond acceptors (Lipinski definition) is 4. The van der Waals surface area contributed by atoms with Gasteiger partial charge in [0.1, 0.15) is 11.5 Å². The first-order valence-corrected chi connectivity index (χ1v) is 13.3. The molecule has 0 unspecified atom stereocenters. The quantitative estimate of drug-likeness (QED) is 0.104. The van der Waals surface area contributed by atoms with E-state index >= 15 is 0 Å². The van der Waals surface area contributed by atoms with Crippen LogP contribution in [0.15, 0.2) is 140 Å². The van der Waals surface area contributed by atoms with Crippen molar-refractivity contribution in [1.29, 1.82) is 0 Å². The molecule has 0 saturated heterocycles. The largest absolute Gasteiger partial charge is 0.493 e. The summed E-state index contributed by atoms with van der Waals surface area (Å²) in [4.78, 5) is 13.6. The van der Waals surface area contributed by atoms with Gasteiger partial charge in [-0.15, -0.1) is 0 Å². The lowest BCUT2D eigenvalue weighted by Crippen LogP contribution is -2.09. The summed E-state index contributed by atoms with van der Waals surface area (Å²) in [7, 11) is 0. The highest BCUT2D eigenvalue weighted by molar-refractivity contribution is 5.83. The number of ether oxygens (including phenoxy) is 2. The summed E-state index contributed by atoms with van der Waals surface area (Å²) in [6.07, 6.45) is 1.88. The molecule has 0 aliphatic rings. The number of para-hydroxylation sites is 1. The first-order chi connectivity index (χ1) is 19.6. The van der Waals surface area contributed by atoms with Crippen molar-refractivity contribution in [3.8, 4) is 22.6 Å². The third-order valence-corrected chi connectivity index (χ3v) is 6.59. The van der Waals surface area contributed by atoms with Crippen LogP contribution in [-0.2, 0) is 11.2 Å². The van der Waals surface area contributed by atoms with E-state index in [2.05, 4.69) is 103 Å². The summed E-state index contributed by atoms with van der Waals surface area (Å²) >= 11 is 0. The predicted molar refractivity (Wildman–Crippen MR) is 163 cm³/mol. The second kappa shape index (κ2) is 12.6. The van der Waals surface area contributed by atoms with Gasteiger partial charge in [0.15, 0.2) is 0 Å². The molecule has 0 fully saturated rings. The Morgan fingerprint density at radius 2 is 1.20 bits per heavy atom. The lowest BCUT2D eigenvalue weighted by atomic mass is 10.0. The number of benzene rings is 5. The third kappa shape index (κ3) is 6.66. The Balaban J connectivity index is 1.27. The lowest BCUT2D eigenvalue weighted by molar-refractivity contribution is -0.128. The van der Waals surface area contributed by atoms with E-state index in [1.165, 1.54) is 16.7 Å². The van der Waals surface area contributed by atoms with Crippen molar-refractivity contribution >= 4 is 23.0 Å². The molecule has 5 aromatic rings. The Bertz CT molecular complexity index is 1540. The van der Waals surface area contributed by atoms with Gasteiger partial charge in [-0.25, -0.2) is 4.79 Å². The summed E-state index contributed by atoms with van der Waals surface area (Å²) in [6, 6.07) is 43.2. The monoisotopic (exact) mass is 525 g/mol. The highest BCUT2D eigenvalue weighted by atomic mass is 16.5. The number of hydrogen-bond donors (Lipinski definition) is 0. The lowest BCUT2D eigenvalue weighted by Gasteiger charge is -2.26. The number of rotatable bonds is 10. The zero-order chi connectivity index (χ0) is 27.7. The van der Waals surface area contributed by atoms with E-state index in [1.807, 2.05) is 30.3 Å². The van der Waals surface area contributed by atoms with Crippen molar-refractivity contribution in [2.24, 2.45) is 0 Å². The van der Waals surface area contributed by atoms with Gasteiger partial charge in [-0.1, -0.05) is 78.9 Å². The Morgan fingerprint density at radius 3 is 1.80 bits per heavy atom. The van der Waals surface area contributed by atoms with Gasteiger partial charge in [0.2, 0.25) is 0 Å². The van der Waals surface area contributed by atoms with Gasteiger partial charge >= 0.3 is 5.97 Å². The average Bonchev–Trinajstić information content (AvgIpc) is 3.00. The van der Waals surface area contributed by atoms with Crippen molar-refractivity contribution < 1.29 is 14.3 Å². The van der Waals surface area contributed by atoms with Gasteiger partial charge in [-0.05, 0) is 84.3 Å². The molecule has 0 amide bonds. The fraction of sp³-hybridized carbons (Fsp3) is 0.0833. The summed E-state index contributed by atoms with van der Waals surface area (Å²) in [6.45, 7) is 6.05. The SMILES string of the molecule is C=CC(=O)Oc1ccc(CCOc2ccc(N(c3ccccc3)c3ccc(-c4ccc(C)cc4)cc3)cc2)cc1. The van der Waals surface area contributed by atoms with Gasteiger partial charge < -0.3 is 14.4 Å². The molecule has 40 heavy (non-hydrogen) atoms. The summed E-state index contributed by atoms with van der Waals surface area (Å²) < 4.78 is 11.1. The highest BCUT2D eigenvalue weighted by Gasteiger charge is 2.13. The zero-order valence-corrected chi connectivity index (χ0v) is 22.5. The molecule has 0 atom stereocenters. The standard InChI is InChI=1S/C36H31NO3/c1-3-36(38)40-35-21-11-28(12-22-35)25-26-39-34-23-19-33(20-24-34)37(31-7-5-4-6-8-31)32-17-15-30(16-18-32)29-13-9-27(2)10-14-29/h3-24H,1,25-26H2,2H3. The van der Waals surface area contributed by atoms with Crippen LogP contribution in [0.3, 0.4) is 0 Å². The van der Waals surface area contributed by atoms with Gasteiger partial charge in [0.05, 0.1) is 6.61 Å². The van der Waals surface area contributed by atoms with Gasteiger partial charge in [0.25, 0.3) is 0 Å². The van der Waals surface area contributed by atoms with E-state index in [4.69, 9.17) is 9.47 Å². The fourth-order valence-electron chi connectivity index (χ4n) is 4.43. The number of carbonyl (C=O) groups excluding carboxylic acids is 1. The van der Waals surface area contributed by atoms with E-state index in [-0.39, 0.29) is 0 Å². The number of aryl methyl sites for hydroxylation is 1. The first-order valence-electron chi connectivity index (χ1n) is 13.3.